The van der Waals surface area contributed by atoms with Crippen molar-refractivity contribution in [2.75, 3.05) is 13.2 Å². The molecule has 0 amide bonds. The van der Waals surface area contributed by atoms with Gasteiger partial charge in [0, 0.05) is 25.3 Å². The first kappa shape index (κ1) is 13.5. The lowest BCUT2D eigenvalue weighted by atomic mass is 9.99. The van der Waals surface area contributed by atoms with Crippen LogP contribution in [-0.4, -0.2) is 27.7 Å². The molecule has 0 atom stereocenters. The Hall–Kier alpha value is -2.20. The number of hydrogen-bond acceptors (Lipinski definition) is 3. The predicted molar refractivity (Wildman–Crippen MR) is 86.4 cm³/mol. The van der Waals surface area contributed by atoms with Crippen molar-refractivity contribution in [1.82, 2.24) is 14.5 Å². The first-order valence-corrected chi connectivity index (χ1v) is 7.82. The Morgan fingerprint density at radius 3 is 2.73 bits per heavy atom. The van der Waals surface area contributed by atoms with Gasteiger partial charge in [0.15, 0.2) is 5.65 Å². The molecule has 4 rings (SSSR count). The largest absolute Gasteiger partial charge is 0.381 e. The SMILES string of the molecule is Cc1ccccc1-n1c(C2CCOCC2)nc2cccnc21. The second kappa shape index (κ2) is 5.54. The van der Waals surface area contributed by atoms with Crippen molar-refractivity contribution < 1.29 is 4.74 Å². The highest BCUT2D eigenvalue weighted by molar-refractivity contribution is 5.74. The summed E-state index contributed by atoms with van der Waals surface area (Å²) in [6.45, 7) is 3.77. The fourth-order valence-electron chi connectivity index (χ4n) is 3.21. The van der Waals surface area contributed by atoms with E-state index in [9.17, 15) is 0 Å². The minimum Gasteiger partial charge on any atom is -0.381 e. The standard InChI is InChI=1S/C18H19N3O/c1-13-5-2-3-7-16(13)21-17(14-8-11-22-12-9-14)20-15-6-4-10-19-18(15)21/h2-7,10,14H,8-9,11-12H2,1H3. The average Bonchev–Trinajstić information content (AvgIpc) is 2.95. The Morgan fingerprint density at radius 2 is 1.91 bits per heavy atom. The van der Waals surface area contributed by atoms with Crippen molar-refractivity contribution in [3.05, 3.63) is 54.0 Å². The molecule has 0 aliphatic carbocycles. The van der Waals surface area contributed by atoms with E-state index in [2.05, 4.69) is 40.7 Å². The molecule has 112 valence electrons. The number of aromatic nitrogens is 3. The van der Waals surface area contributed by atoms with Gasteiger partial charge in [-0.1, -0.05) is 18.2 Å². The number of fused-ring (bicyclic) bond motifs is 1. The maximum Gasteiger partial charge on any atom is 0.164 e. The lowest BCUT2D eigenvalue weighted by Gasteiger charge is -2.23. The molecule has 4 nitrogen and oxygen atoms in total. The van der Waals surface area contributed by atoms with E-state index in [0.717, 1.165) is 43.0 Å². The number of para-hydroxylation sites is 1. The van der Waals surface area contributed by atoms with E-state index < -0.39 is 0 Å². The van der Waals surface area contributed by atoms with Crippen LogP contribution < -0.4 is 0 Å². The smallest absolute Gasteiger partial charge is 0.164 e. The van der Waals surface area contributed by atoms with E-state index in [0.29, 0.717) is 5.92 Å². The molecule has 2 aromatic heterocycles. The summed E-state index contributed by atoms with van der Waals surface area (Å²) < 4.78 is 7.75. The van der Waals surface area contributed by atoms with Gasteiger partial charge in [0.25, 0.3) is 0 Å². The zero-order valence-corrected chi connectivity index (χ0v) is 12.7. The molecule has 0 bridgehead atoms. The van der Waals surface area contributed by atoms with Gasteiger partial charge >= 0.3 is 0 Å². The van der Waals surface area contributed by atoms with Gasteiger partial charge in [0.05, 0.1) is 5.69 Å². The summed E-state index contributed by atoms with van der Waals surface area (Å²) in [7, 11) is 0. The van der Waals surface area contributed by atoms with Gasteiger partial charge < -0.3 is 4.74 Å². The first-order valence-electron chi connectivity index (χ1n) is 7.82. The van der Waals surface area contributed by atoms with Crippen LogP contribution in [0.1, 0.15) is 30.1 Å². The Bertz CT molecular complexity index is 803. The van der Waals surface area contributed by atoms with Crippen molar-refractivity contribution in [2.45, 2.75) is 25.7 Å². The Labute approximate surface area is 129 Å². The monoisotopic (exact) mass is 293 g/mol. The molecule has 0 radical (unpaired) electrons. The van der Waals surface area contributed by atoms with E-state index in [1.807, 2.05) is 18.3 Å². The van der Waals surface area contributed by atoms with E-state index in [1.165, 1.54) is 11.3 Å². The Balaban J connectivity index is 1.96. The van der Waals surface area contributed by atoms with Crippen LogP contribution >= 0.6 is 0 Å². The number of pyridine rings is 1. The number of aryl methyl sites for hydroxylation is 1. The van der Waals surface area contributed by atoms with Crippen molar-refractivity contribution in [3.63, 3.8) is 0 Å². The van der Waals surface area contributed by atoms with E-state index in [4.69, 9.17) is 9.72 Å². The summed E-state index contributed by atoms with van der Waals surface area (Å²) in [6.07, 6.45) is 3.89. The molecule has 1 fully saturated rings. The third-order valence-corrected chi connectivity index (χ3v) is 4.38. The number of ether oxygens (including phenoxy) is 1. The second-order valence-electron chi connectivity index (χ2n) is 5.82. The summed E-state index contributed by atoms with van der Waals surface area (Å²) in [5.74, 6) is 1.55. The van der Waals surface area contributed by atoms with Crippen LogP contribution in [0.15, 0.2) is 42.6 Å². The molecule has 1 saturated heterocycles. The predicted octanol–water partition coefficient (Wildman–Crippen LogP) is 3.62. The summed E-state index contributed by atoms with van der Waals surface area (Å²) in [5, 5.41) is 0. The third-order valence-electron chi connectivity index (χ3n) is 4.38. The van der Waals surface area contributed by atoms with Gasteiger partial charge in [0.1, 0.15) is 11.3 Å². The first-order chi connectivity index (χ1) is 10.8. The van der Waals surface area contributed by atoms with Crippen molar-refractivity contribution in [3.8, 4) is 5.69 Å². The van der Waals surface area contributed by atoms with E-state index in [1.54, 1.807) is 0 Å². The minimum atomic E-state index is 0.433. The fraction of sp³-hybridized carbons (Fsp3) is 0.333. The van der Waals surface area contributed by atoms with Crippen LogP contribution in [0.3, 0.4) is 0 Å². The molecule has 3 heterocycles. The molecular weight excluding hydrogens is 274 g/mol. The highest BCUT2D eigenvalue weighted by Crippen LogP contribution is 2.31. The highest BCUT2D eigenvalue weighted by atomic mass is 16.5. The zero-order valence-electron chi connectivity index (χ0n) is 12.7. The fourth-order valence-corrected chi connectivity index (χ4v) is 3.21. The van der Waals surface area contributed by atoms with Crippen LogP contribution in [0.5, 0.6) is 0 Å². The lowest BCUT2D eigenvalue weighted by molar-refractivity contribution is 0.0834. The molecule has 1 aromatic carbocycles. The molecule has 3 aromatic rings. The quantitative estimate of drug-likeness (QED) is 0.724. The maximum absolute atomic E-state index is 5.51. The van der Waals surface area contributed by atoms with Gasteiger partial charge in [-0.15, -0.1) is 0 Å². The molecule has 4 heteroatoms. The number of benzene rings is 1. The molecule has 0 N–H and O–H groups in total. The van der Waals surface area contributed by atoms with Crippen LogP contribution in [0.2, 0.25) is 0 Å². The molecule has 1 aliphatic rings. The number of nitrogens with zero attached hydrogens (tertiary/aromatic N) is 3. The average molecular weight is 293 g/mol. The van der Waals surface area contributed by atoms with Gasteiger partial charge in [-0.25, -0.2) is 9.97 Å². The molecule has 0 unspecified atom stereocenters. The third kappa shape index (κ3) is 2.20. The zero-order chi connectivity index (χ0) is 14.9. The molecule has 1 aliphatic heterocycles. The van der Waals surface area contributed by atoms with Crippen molar-refractivity contribution in [1.29, 1.82) is 0 Å². The van der Waals surface area contributed by atoms with E-state index in [-0.39, 0.29) is 0 Å². The van der Waals surface area contributed by atoms with E-state index >= 15 is 0 Å². The van der Waals surface area contributed by atoms with Gasteiger partial charge in [-0.2, -0.15) is 0 Å². The van der Waals surface area contributed by atoms with Crippen molar-refractivity contribution >= 4 is 11.2 Å². The summed E-state index contributed by atoms with van der Waals surface area (Å²) in [4.78, 5) is 9.48. The Morgan fingerprint density at radius 1 is 1.09 bits per heavy atom. The maximum atomic E-state index is 5.51. The number of imidazole rings is 1. The topological polar surface area (TPSA) is 39.9 Å². The van der Waals surface area contributed by atoms with Crippen LogP contribution in [0.25, 0.3) is 16.9 Å². The normalized spacial score (nSPS) is 16.2. The Kier molecular flexibility index (Phi) is 3.39. The molecule has 22 heavy (non-hydrogen) atoms. The number of hydrogen-bond donors (Lipinski definition) is 0. The van der Waals surface area contributed by atoms with Crippen molar-refractivity contribution in [2.24, 2.45) is 0 Å². The summed E-state index contributed by atoms with van der Waals surface area (Å²) in [6, 6.07) is 12.4. The second-order valence-corrected chi connectivity index (χ2v) is 5.82. The molecular formula is C18H19N3O. The highest BCUT2D eigenvalue weighted by Gasteiger charge is 2.24. The van der Waals surface area contributed by atoms with Gasteiger partial charge in [-0.05, 0) is 43.5 Å². The molecule has 0 spiro atoms. The van der Waals surface area contributed by atoms with Crippen LogP contribution in [-0.2, 0) is 4.74 Å². The van der Waals surface area contributed by atoms with Gasteiger partial charge in [0.2, 0.25) is 0 Å². The summed E-state index contributed by atoms with van der Waals surface area (Å²) in [5.41, 5.74) is 4.32. The van der Waals surface area contributed by atoms with Crippen LogP contribution in [0.4, 0.5) is 0 Å². The minimum absolute atomic E-state index is 0.433. The van der Waals surface area contributed by atoms with Gasteiger partial charge in [-0.3, -0.25) is 4.57 Å². The number of rotatable bonds is 2. The lowest BCUT2D eigenvalue weighted by Crippen LogP contribution is -2.18. The van der Waals surface area contributed by atoms with Crippen LogP contribution in [0, 0.1) is 6.92 Å². The summed E-state index contributed by atoms with van der Waals surface area (Å²) >= 11 is 0. The molecule has 0 saturated carbocycles.